The van der Waals surface area contributed by atoms with Gasteiger partial charge in [0.15, 0.2) is 0 Å². The van der Waals surface area contributed by atoms with Crippen molar-refractivity contribution >= 4 is 0 Å². The minimum absolute atomic E-state index is 0.000869. The molecule has 1 aromatic carbocycles. The summed E-state index contributed by atoms with van der Waals surface area (Å²) in [6.07, 6.45) is 0.626. The van der Waals surface area contributed by atoms with Gasteiger partial charge in [-0.3, -0.25) is 0 Å². The SMILES string of the molecule is CCC(F)(CN)Cc1ccc(F)cc1. The van der Waals surface area contributed by atoms with Crippen LogP contribution in [0.2, 0.25) is 0 Å². The third-order valence-electron chi connectivity index (χ3n) is 2.43. The van der Waals surface area contributed by atoms with Crippen molar-refractivity contribution in [3.05, 3.63) is 35.6 Å². The first kappa shape index (κ1) is 11.1. The number of hydrogen-bond acceptors (Lipinski definition) is 1. The first-order chi connectivity index (χ1) is 6.59. The second kappa shape index (κ2) is 4.51. The lowest BCUT2D eigenvalue weighted by Crippen LogP contribution is -2.34. The fourth-order valence-electron chi connectivity index (χ4n) is 1.31. The number of alkyl halides is 1. The minimum atomic E-state index is -1.36. The lowest BCUT2D eigenvalue weighted by molar-refractivity contribution is 0.167. The molecule has 0 saturated heterocycles. The Kier molecular flexibility index (Phi) is 3.58. The van der Waals surface area contributed by atoms with Gasteiger partial charge in [0.25, 0.3) is 0 Å². The van der Waals surface area contributed by atoms with Crippen LogP contribution in [0.4, 0.5) is 8.78 Å². The van der Waals surface area contributed by atoms with Crippen LogP contribution in [-0.4, -0.2) is 12.2 Å². The average molecular weight is 199 g/mol. The minimum Gasteiger partial charge on any atom is -0.328 e. The van der Waals surface area contributed by atoms with E-state index in [1.165, 1.54) is 12.1 Å². The highest BCUT2D eigenvalue weighted by Crippen LogP contribution is 2.20. The molecule has 0 aliphatic heterocycles. The van der Waals surface area contributed by atoms with Crippen LogP contribution in [0, 0.1) is 5.82 Å². The summed E-state index contributed by atoms with van der Waals surface area (Å²) in [5, 5.41) is 0. The fourth-order valence-corrected chi connectivity index (χ4v) is 1.31. The maximum absolute atomic E-state index is 13.8. The van der Waals surface area contributed by atoms with Crippen molar-refractivity contribution in [2.45, 2.75) is 25.4 Å². The summed E-state index contributed by atoms with van der Waals surface area (Å²) in [7, 11) is 0. The van der Waals surface area contributed by atoms with Gasteiger partial charge in [-0.2, -0.15) is 0 Å². The molecule has 0 aliphatic carbocycles. The van der Waals surface area contributed by atoms with Crippen LogP contribution in [0.15, 0.2) is 24.3 Å². The molecule has 2 N–H and O–H groups in total. The zero-order valence-corrected chi connectivity index (χ0v) is 8.26. The van der Waals surface area contributed by atoms with Gasteiger partial charge in [-0.1, -0.05) is 19.1 Å². The maximum atomic E-state index is 13.8. The van der Waals surface area contributed by atoms with E-state index in [0.717, 1.165) is 5.56 Å². The Morgan fingerprint density at radius 2 is 1.86 bits per heavy atom. The molecule has 0 spiro atoms. The Bertz CT molecular complexity index is 278. The monoisotopic (exact) mass is 199 g/mol. The van der Waals surface area contributed by atoms with E-state index in [2.05, 4.69) is 0 Å². The molecule has 0 radical (unpaired) electrons. The molecular formula is C11H15F2N. The summed E-state index contributed by atoms with van der Waals surface area (Å²) < 4.78 is 26.4. The number of benzene rings is 1. The first-order valence-corrected chi connectivity index (χ1v) is 4.73. The van der Waals surface area contributed by atoms with E-state index in [0.29, 0.717) is 6.42 Å². The summed E-state index contributed by atoms with van der Waals surface area (Å²) in [6.45, 7) is 1.76. The number of rotatable bonds is 4. The van der Waals surface area contributed by atoms with E-state index in [-0.39, 0.29) is 18.8 Å². The Morgan fingerprint density at radius 1 is 1.29 bits per heavy atom. The molecule has 0 amide bonds. The highest BCUT2D eigenvalue weighted by Gasteiger charge is 2.25. The van der Waals surface area contributed by atoms with Gasteiger partial charge in [-0.05, 0) is 24.1 Å². The molecule has 1 rings (SSSR count). The second-order valence-corrected chi connectivity index (χ2v) is 3.51. The summed E-state index contributed by atoms with van der Waals surface area (Å²) in [6, 6.07) is 5.85. The fraction of sp³-hybridized carbons (Fsp3) is 0.455. The van der Waals surface area contributed by atoms with E-state index in [1.54, 1.807) is 19.1 Å². The van der Waals surface area contributed by atoms with E-state index in [4.69, 9.17) is 5.73 Å². The molecule has 1 nitrogen and oxygen atoms in total. The lowest BCUT2D eigenvalue weighted by atomic mass is 9.94. The van der Waals surface area contributed by atoms with E-state index in [1.807, 2.05) is 0 Å². The number of halogens is 2. The van der Waals surface area contributed by atoms with Crippen LogP contribution < -0.4 is 5.73 Å². The van der Waals surface area contributed by atoms with Crippen molar-refractivity contribution in [1.82, 2.24) is 0 Å². The molecule has 0 fully saturated rings. The molecule has 0 aromatic heterocycles. The lowest BCUT2D eigenvalue weighted by Gasteiger charge is -2.21. The zero-order valence-electron chi connectivity index (χ0n) is 8.26. The molecule has 3 heteroatoms. The molecule has 1 aromatic rings. The summed E-state index contributed by atoms with van der Waals surface area (Å²) >= 11 is 0. The summed E-state index contributed by atoms with van der Waals surface area (Å²) in [5.74, 6) is -0.303. The van der Waals surface area contributed by atoms with Crippen molar-refractivity contribution in [3.63, 3.8) is 0 Å². The molecule has 0 bridgehead atoms. The quantitative estimate of drug-likeness (QED) is 0.792. The molecule has 14 heavy (non-hydrogen) atoms. The molecular weight excluding hydrogens is 184 g/mol. The van der Waals surface area contributed by atoms with Crippen LogP contribution >= 0.6 is 0 Å². The van der Waals surface area contributed by atoms with Crippen molar-refractivity contribution in [3.8, 4) is 0 Å². The van der Waals surface area contributed by atoms with Crippen LogP contribution in [0.5, 0.6) is 0 Å². The van der Waals surface area contributed by atoms with Crippen LogP contribution in [0.3, 0.4) is 0 Å². The zero-order chi connectivity index (χ0) is 10.6. The largest absolute Gasteiger partial charge is 0.328 e. The van der Waals surface area contributed by atoms with E-state index in [9.17, 15) is 8.78 Å². The highest BCUT2D eigenvalue weighted by molar-refractivity contribution is 5.18. The van der Waals surface area contributed by atoms with Crippen molar-refractivity contribution < 1.29 is 8.78 Å². The maximum Gasteiger partial charge on any atom is 0.126 e. The summed E-state index contributed by atoms with van der Waals surface area (Å²) in [5.41, 5.74) is 4.76. The van der Waals surface area contributed by atoms with Crippen molar-refractivity contribution in [1.29, 1.82) is 0 Å². The molecule has 0 aliphatic rings. The van der Waals surface area contributed by atoms with Crippen molar-refractivity contribution in [2.75, 3.05) is 6.54 Å². The Labute approximate surface area is 82.9 Å². The Hall–Kier alpha value is -0.960. The third-order valence-corrected chi connectivity index (χ3v) is 2.43. The van der Waals surface area contributed by atoms with Gasteiger partial charge in [0.1, 0.15) is 11.5 Å². The highest BCUT2D eigenvalue weighted by atomic mass is 19.1. The van der Waals surface area contributed by atoms with Gasteiger partial charge in [-0.15, -0.1) is 0 Å². The van der Waals surface area contributed by atoms with Gasteiger partial charge >= 0.3 is 0 Å². The Balaban J connectivity index is 2.72. The molecule has 0 heterocycles. The average Bonchev–Trinajstić information content (AvgIpc) is 2.21. The number of hydrogen-bond donors (Lipinski definition) is 1. The predicted molar refractivity (Wildman–Crippen MR) is 53.3 cm³/mol. The predicted octanol–water partition coefficient (Wildman–Crippen LogP) is 2.45. The number of nitrogens with two attached hydrogens (primary N) is 1. The second-order valence-electron chi connectivity index (χ2n) is 3.51. The van der Waals surface area contributed by atoms with Gasteiger partial charge in [0.05, 0.1) is 0 Å². The molecule has 1 atom stereocenters. The standard InChI is InChI=1S/C11H15F2N/c1-2-11(13,8-14)7-9-3-5-10(12)6-4-9/h3-6H,2,7-8,14H2,1H3. The smallest absolute Gasteiger partial charge is 0.126 e. The van der Waals surface area contributed by atoms with Gasteiger partial charge < -0.3 is 5.73 Å². The molecule has 1 unspecified atom stereocenters. The normalized spacial score (nSPS) is 15.1. The van der Waals surface area contributed by atoms with Gasteiger partial charge in [0, 0.05) is 13.0 Å². The Morgan fingerprint density at radius 3 is 2.29 bits per heavy atom. The van der Waals surface area contributed by atoms with Crippen molar-refractivity contribution in [2.24, 2.45) is 5.73 Å². The summed E-state index contributed by atoms with van der Waals surface area (Å²) in [4.78, 5) is 0. The molecule has 0 saturated carbocycles. The topological polar surface area (TPSA) is 26.0 Å². The molecule has 78 valence electrons. The van der Waals surface area contributed by atoms with Gasteiger partial charge in [-0.25, -0.2) is 8.78 Å². The van der Waals surface area contributed by atoms with Crippen LogP contribution in [-0.2, 0) is 6.42 Å². The third kappa shape index (κ3) is 2.77. The van der Waals surface area contributed by atoms with E-state index >= 15 is 0 Å². The first-order valence-electron chi connectivity index (χ1n) is 4.73. The van der Waals surface area contributed by atoms with Gasteiger partial charge in [0.2, 0.25) is 0 Å². The van der Waals surface area contributed by atoms with Crippen LogP contribution in [0.25, 0.3) is 0 Å². The van der Waals surface area contributed by atoms with Crippen LogP contribution in [0.1, 0.15) is 18.9 Å². The van der Waals surface area contributed by atoms with E-state index < -0.39 is 5.67 Å².